The van der Waals surface area contributed by atoms with Crippen LogP contribution in [0.5, 0.6) is 11.5 Å². The Balaban J connectivity index is 0.00000267. The third-order valence-electron chi connectivity index (χ3n) is 7.55. The number of anilines is 1. The number of amides is 1. The van der Waals surface area contributed by atoms with Crippen LogP contribution in [0, 0.1) is 5.92 Å². The quantitative estimate of drug-likeness (QED) is 0.367. The predicted molar refractivity (Wildman–Crippen MR) is 128 cm³/mol. The molecule has 3 aromatic rings. The molecule has 7 rings (SSSR count). The van der Waals surface area contributed by atoms with Gasteiger partial charge in [0, 0.05) is 29.9 Å². The number of carbonyl (C=O) groups is 2. The molecule has 1 atom stereocenters. The first-order chi connectivity index (χ1) is 17.1. The molecule has 1 amide bonds. The summed E-state index contributed by atoms with van der Waals surface area (Å²) < 4.78 is 12.9. The van der Waals surface area contributed by atoms with Crippen LogP contribution in [0.4, 0.5) is 5.69 Å². The molecule has 0 radical (unpaired) electrons. The summed E-state index contributed by atoms with van der Waals surface area (Å²) in [5.74, 6) is 0.851. The van der Waals surface area contributed by atoms with Crippen LogP contribution in [-0.2, 0) is 14.3 Å². The molecular weight excluding hydrogens is 524 g/mol. The zero-order valence-electron chi connectivity index (χ0n) is 19.7. The van der Waals surface area contributed by atoms with Gasteiger partial charge in [-0.1, -0.05) is 36.4 Å². The maximum Gasteiger partial charge on any atom is 0.318 e. The molecular formula is C27H27BrN4O4. The number of para-hydroxylation sites is 2. The van der Waals surface area contributed by atoms with Crippen molar-refractivity contribution in [3.8, 4) is 11.5 Å². The molecule has 186 valence electrons. The van der Waals surface area contributed by atoms with Crippen molar-refractivity contribution in [2.75, 3.05) is 31.5 Å². The third kappa shape index (κ3) is 4.60. The van der Waals surface area contributed by atoms with E-state index in [-0.39, 0.29) is 35.0 Å². The first kappa shape index (κ1) is 24.4. The summed E-state index contributed by atoms with van der Waals surface area (Å²) in [4.78, 5) is 34.4. The number of rotatable bonds is 5. The molecule has 8 nitrogen and oxygen atoms in total. The molecule has 3 fully saturated rings. The van der Waals surface area contributed by atoms with E-state index in [0.29, 0.717) is 40.7 Å². The highest BCUT2D eigenvalue weighted by Crippen LogP contribution is 2.45. The van der Waals surface area contributed by atoms with Crippen molar-refractivity contribution in [1.29, 1.82) is 0 Å². The molecule has 3 saturated heterocycles. The molecule has 1 N–H and O–H groups in total. The van der Waals surface area contributed by atoms with Gasteiger partial charge >= 0.3 is 5.97 Å². The summed E-state index contributed by atoms with van der Waals surface area (Å²) in [6, 6.07) is 15.3. The first-order valence-corrected chi connectivity index (χ1v) is 12.1. The van der Waals surface area contributed by atoms with Crippen LogP contribution in [0.3, 0.4) is 0 Å². The number of quaternary nitrogens is 1. The van der Waals surface area contributed by atoms with Crippen LogP contribution in [0.25, 0.3) is 0 Å². The summed E-state index contributed by atoms with van der Waals surface area (Å²) in [5, 5.41) is 2.89. The minimum absolute atomic E-state index is 0. The van der Waals surface area contributed by atoms with Gasteiger partial charge in [-0.3, -0.25) is 9.59 Å². The molecule has 4 aliphatic heterocycles. The van der Waals surface area contributed by atoms with Crippen LogP contribution in [0.2, 0.25) is 0 Å². The van der Waals surface area contributed by atoms with E-state index in [1.165, 1.54) is 6.33 Å². The van der Waals surface area contributed by atoms with E-state index in [9.17, 15) is 9.59 Å². The lowest BCUT2D eigenvalue weighted by atomic mass is 9.82. The van der Waals surface area contributed by atoms with Crippen LogP contribution in [-0.4, -0.2) is 58.6 Å². The predicted octanol–water partition coefficient (Wildman–Crippen LogP) is 0.509. The Morgan fingerprint density at radius 3 is 2.22 bits per heavy atom. The van der Waals surface area contributed by atoms with Crippen molar-refractivity contribution >= 4 is 17.6 Å². The number of aromatic nitrogens is 2. The van der Waals surface area contributed by atoms with E-state index < -0.39 is 5.92 Å². The Kier molecular flexibility index (Phi) is 6.77. The molecule has 9 heteroatoms. The Hall–Kier alpha value is -3.30. The summed E-state index contributed by atoms with van der Waals surface area (Å²) >= 11 is 0. The van der Waals surface area contributed by atoms with Crippen LogP contribution >= 0.6 is 0 Å². The second-order valence-corrected chi connectivity index (χ2v) is 9.73. The SMILES string of the molecule is O=C(C[N+]12CCC(CC1)[C@@H](OC(=O)C1c3ccccc3Oc3ccccc31)C2)Nc1cncnc1.[Br-]. The van der Waals surface area contributed by atoms with E-state index in [1.54, 1.807) is 12.4 Å². The number of benzene rings is 2. The van der Waals surface area contributed by atoms with Crippen LogP contribution in [0.15, 0.2) is 67.3 Å². The molecule has 0 saturated carbocycles. The van der Waals surface area contributed by atoms with Gasteiger partial charge in [-0.15, -0.1) is 0 Å². The van der Waals surface area contributed by atoms with Gasteiger partial charge in [0.25, 0.3) is 5.91 Å². The number of nitrogens with one attached hydrogen (secondary N) is 1. The Bertz CT molecular complexity index is 1220. The average molecular weight is 551 g/mol. The molecule has 4 aliphatic rings. The molecule has 2 aromatic carbocycles. The Morgan fingerprint density at radius 2 is 1.58 bits per heavy atom. The Labute approximate surface area is 220 Å². The highest BCUT2D eigenvalue weighted by molar-refractivity contribution is 5.91. The minimum Gasteiger partial charge on any atom is -1.00 e. The van der Waals surface area contributed by atoms with Crippen molar-refractivity contribution in [2.45, 2.75) is 24.9 Å². The molecule has 0 spiro atoms. The molecule has 5 heterocycles. The van der Waals surface area contributed by atoms with Gasteiger partial charge in [0.05, 0.1) is 31.2 Å². The van der Waals surface area contributed by atoms with E-state index in [2.05, 4.69) is 15.3 Å². The van der Waals surface area contributed by atoms with E-state index in [1.807, 2.05) is 48.5 Å². The molecule has 2 bridgehead atoms. The van der Waals surface area contributed by atoms with Crippen LogP contribution < -0.4 is 27.0 Å². The average Bonchev–Trinajstić information content (AvgIpc) is 2.88. The standard InChI is InChI=1S/C27H26N4O4.BrH/c32-25(30-19-13-28-17-29-14-19)16-31-11-9-18(10-12-31)24(15-31)35-27(33)26-20-5-1-3-7-22(20)34-23-8-4-2-6-21(23)26;/h1-8,13-14,17-18,24,26H,9-12,15-16H2;1H/t18?,24-,31?;/m0./s1. The summed E-state index contributed by atoms with van der Waals surface area (Å²) in [7, 11) is 0. The van der Waals surface area contributed by atoms with Crippen molar-refractivity contribution in [1.82, 2.24) is 9.97 Å². The number of hydrogen-bond acceptors (Lipinski definition) is 6. The Morgan fingerprint density at radius 1 is 0.972 bits per heavy atom. The number of nitrogens with zero attached hydrogens (tertiary/aromatic N) is 3. The number of ether oxygens (including phenoxy) is 2. The topological polar surface area (TPSA) is 90.4 Å². The number of piperidine rings is 3. The molecule has 0 unspecified atom stereocenters. The second-order valence-electron chi connectivity index (χ2n) is 9.73. The van der Waals surface area contributed by atoms with Gasteiger partial charge in [-0.05, 0) is 12.1 Å². The highest BCUT2D eigenvalue weighted by atomic mass is 79.9. The van der Waals surface area contributed by atoms with Crippen LogP contribution in [0.1, 0.15) is 29.9 Å². The fourth-order valence-corrected chi connectivity index (χ4v) is 5.83. The zero-order valence-corrected chi connectivity index (χ0v) is 21.3. The fourth-order valence-electron chi connectivity index (χ4n) is 5.83. The lowest BCUT2D eigenvalue weighted by molar-refractivity contribution is -0.938. The number of esters is 1. The molecule has 36 heavy (non-hydrogen) atoms. The van der Waals surface area contributed by atoms with Gasteiger partial charge in [0.1, 0.15) is 30.3 Å². The summed E-state index contributed by atoms with van der Waals surface area (Å²) in [6.07, 6.45) is 6.28. The zero-order chi connectivity index (χ0) is 23.8. The lowest BCUT2D eigenvalue weighted by Gasteiger charge is -2.51. The maximum atomic E-state index is 13.7. The van der Waals surface area contributed by atoms with Crippen molar-refractivity contribution < 1.29 is 40.5 Å². The number of hydrogen-bond donors (Lipinski definition) is 1. The van der Waals surface area contributed by atoms with E-state index in [0.717, 1.165) is 37.1 Å². The van der Waals surface area contributed by atoms with Gasteiger partial charge in [-0.25, -0.2) is 9.97 Å². The largest absolute Gasteiger partial charge is 1.00 e. The lowest BCUT2D eigenvalue weighted by Crippen LogP contribution is -3.00. The highest BCUT2D eigenvalue weighted by Gasteiger charge is 2.49. The second kappa shape index (κ2) is 9.99. The summed E-state index contributed by atoms with van der Waals surface area (Å²) in [5.41, 5.74) is 2.24. The van der Waals surface area contributed by atoms with E-state index >= 15 is 0 Å². The van der Waals surface area contributed by atoms with Gasteiger partial charge in [0.15, 0.2) is 12.6 Å². The molecule has 1 aromatic heterocycles. The van der Waals surface area contributed by atoms with E-state index in [4.69, 9.17) is 9.47 Å². The first-order valence-electron chi connectivity index (χ1n) is 12.1. The minimum atomic E-state index is -0.526. The normalized spacial score (nSPS) is 23.9. The third-order valence-corrected chi connectivity index (χ3v) is 7.55. The summed E-state index contributed by atoms with van der Waals surface area (Å²) in [6.45, 7) is 2.83. The number of halogens is 1. The number of carbonyl (C=O) groups excluding carboxylic acids is 2. The monoisotopic (exact) mass is 550 g/mol. The van der Waals surface area contributed by atoms with Gasteiger partial charge in [0.2, 0.25) is 0 Å². The van der Waals surface area contributed by atoms with Gasteiger partial charge in [-0.2, -0.15) is 0 Å². The maximum absolute atomic E-state index is 13.7. The smallest absolute Gasteiger partial charge is 0.318 e. The van der Waals surface area contributed by atoms with Crippen molar-refractivity contribution in [3.63, 3.8) is 0 Å². The number of fused-ring (bicyclic) bond motifs is 5. The molecule has 0 aliphatic carbocycles. The van der Waals surface area contributed by atoms with Gasteiger partial charge < -0.3 is 36.3 Å². The van der Waals surface area contributed by atoms with Crippen molar-refractivity contribution in [2.24, 2.45) is 5.92 Å². The van der Waals surface area contributed by atoms with Crippen molar-refractivity contribution in [3.05, 3.63) is 78.4 Å². The fraction of sp³-hybridized carbons (Fsp3) is 0.333.